The number of rotatable bonds is 2. The first-order valence-corrected chi connectivity index (χ1v) is 7.64. The Hall–Kier alpha value is -1.81. The molecule has 0 aromatic carbocycles. The van der Waals surface area contributed by atoms with Crippen molar-refractivity contribution in [2.75, 3.05) is 12.3 Å². The summed E-state index contributed by atoms with van der Waals surface area (Å²) >= 11 is 0. The quantitative estimate of drug-likeness (QED) is 0.765. The van der Waals surface area contributed by atoms with E-state index < -0.39 is 11.4 Å². The van der Waals surface area contributed by atoms with Gasteiger partial charge >= 0.3 is 0 Å². The number of nitrogens with zero attached hydrogens (tertiary/aromatic N) is 4. The van der Waals surface area contributed by atoms with Gasteiger partial charge in [-0.1, -0.05) is 0 Å². The van der Waals surface area contributed by atoms with Crippen LogP contribution in [0.15, 0.2) is 12.7 Å². The van der Waals surface area contributed by atoms with Gasteiger partial charge in [0.05, 0.1) is 12.4 Å². The van der Waals surface area contributed by atoms with Crippen molar-refractivity contribution in [1.82, 2.24) is 19.5 Å². The average Bonchev–Trinajstić information content (AvgIpc) is 2.84. The van der Waals surface area contributed by atoms with Gasteiger partial charge < -0.3 is 30.2 Å². The molecule has 1 aliphatic carbocycles. The molecule has 5 atom stereocenters. The molecule has 4 heterocycles. The number of nitrogen functional groups attached to an aromatic ring is 1. The van der Waals surface area contributed by atoms with Crippen molar-refractivity contribution in [2.45, 2.75) is 49.6 Å². The molecule has 2 aromatic rings. The molecule has 9 heteroatoms. The van der Waals surface area contributed by atoms with Crippen LogP contribution in [0.1, 0.15) is 19.9 Å². The average molecular weight is 318 g/mol. The van der Waals surface area contributed by atoms with Gasteiger partial charge in [0.25, 0.3) is 0 Å². The van der Waals surface area contributed by atoms with Crippen LogP contribution in [0.2, 0.25) is 0 Å². The molecule has 3 aliphatic rings. The maximum atomic E-state index is 6.26. The van der Waals surface area contributed by atoms with Gasteiger partial charge in [-0.25, -0.2) is 15.0 Å². The number of anilines is 1. The first kappa shape index (κ1) is 13.6. The predicted octanol–water partition coefficient (Wildman–Crippen LogP) is -0.420. The van der Waals surface area contributed by atoms with E-state index in [0.29, 0.717) is 23.5 Å². The summed E-state index contributed by atoms with van der Waals surface area (Å²) in [6.45, 7) is 4.22. The fourth-order valence-corrected chi connectivity index (χ4v) is 4.11. The highest BCUT2D eigenvalue weighted by Crippen LogP contribution is 2.67. The topological polar surface area (TPSA) is 123 Å². The van der Waals surface area contributed by atoms with Crippen molar-refractivity contribution < 1.29 is 14.2 Å². The molecule has 1 spiro atoms. The van der Waals surface area contributed by atoms with Gasteiger partial charge in [-0.05, 0) is 13.8 Å². The largest absolute Gasteiger partial charge is 0.382 e. The lowest BCUT2D eigenvalue weighted by molar-refractivity contribution is -0.174. The summed E-state index contributed by atoms with van der Waals surface area (Å²) in [4.78, 5) is 12.6. The Morgan fingerprint density at radius 2 is 2.09 bits per heavy atom. The van der Waals surface area contributed by atoms with Crippen LogP contribution in [0, 0.1) is 0 Å². The Bertz CT molecular complexity index is 807. The summed E-state index contributed by atoms with van der Waals surface area (Å²) in [6.07, 6.45) is 2.65. The lowest BCUT2D eigenvalue weighted by Gasteiger charge is -2.22. The van der Waals surface area contributed by atoms with E-state index in [0.717, 1.165) is 0 Å². The summed E-state index contributed by atoms with van der Waals surface area (Å²) in [6, 6.07) is -0.0589. The number of ether oxygens (including phenoxy) is 3. The Labute approximate surface area is 131 Å². The van der Waals surface area contributed by atoms with E-state index in [2.05, 4.69) is 15.0 Å². The van der Waals surface area contributed by atoms with Crippen molar-refractivity contribution in [3.05, 3.63) is 12.7 Å². The van der Waals surface area contributed by atoms with E-state index in [9.17, 15) is 0 Å². The second-order valence-corrected chi connectivity index (χ2v) is 6.75. The van der Waals surface area contributed by atoms with Crippen LogP contribution in [-0.4, -0.2) is 55.8 Å². The summed E-state index contributed by atoms with van der Waals surface area (Å²) in [5, 5.41) is 0. The molecule has 0 radical (unpaired) electrons. The first-order chi connectivity index (χ1) is 11.0. The number of fused-ring (bicyclic) bond motifs is 1. The molecule has 9 nitrogen and oxygen atoms in total. The minimum absolute atomic E-state index is 0.0589. The molecule has 0 amide bonds. The van der Waals surface area contributed by atoms with Crippen molar-refractivity contribution in [3.8, 4) is 0 Å². The number of nitrogens with two attached hydrogens (primary N) is 2. The van der Waals surface area contributed by atoms with Gasteiger partial charge in [-0.15, -0.1) is 0 Å². The highest BCUT2D eigenvalue weighted by molar-refractivity contribution is 5.81. The fraction of sp³-hybridized carbons (Fsp3) is 0.643. The van der Waals surface area contributed by atoms with Gasteiger partial charge in [-0.2, -0.15) is 0 Å². The molecule has 2 saturated heterocycles. The van der Waals surface area contributed by atoms with Gasteiger partial charge in [0.15, 0.2) is 22.9 Å². The van der Waals surface area contributed by atoms with Crippen molar-refractivity contribution >= 4 is 17.0 Å². The summed E-state index contributed by atoms with van der Waals surface area (Å²) in [5.74, 6) is -0.308. The van der Waals surface area contributed by atoms with Crippen LogP contribution in [0.5, 0.6) is 0 Å². The van der Waals surface area contributed by atoms with Gasteiger partial charge in [-0.3, -0.25) is 0 Å². The molecule has 1 saturated carbocycles. The molecule has 1 unspecified atom stereocenters. The van der Waals surface area contributed by atoms with Crippen molar-refractivity contribution in [2.24, 2.45) is 5.73 Å². The maximum absolute atomic E-state index is 6.26. The van der Waals surface area contributed by atoms with Gasteiger partial charge in [0, 0.05) is 6.54 Å². The second kappa shape index (κ2) is 3.99. The third-order valence-corrected chi connectivity index (χ3v) is 4.94. The Morgan fingerprint density at radius 1 is 1.26 bits per heavy atom. The van der Waals surface area contributed by atoms with Gasteiger partial charge in [0.1, 0.15) is 30.1 Å². The highest BCUT2D eigenvalue weighted by Gasteiger charge is 2.83. The van der Waals surface area contributed by atoms with Gasteiger partial charge in [0.2, 0.25) is 0 Å². The smallest absolute Gasteiger partial charge is 0.165 e. The lowest BCUT2D eigenvalue weighted by Crippen LogP contribution is -2.40. The Kier molecular flexibility index (Phi) is 2.36. The zero-order valence-corrected chi connectivity index (χ0v) is 12.8. The summed E-state index contributed by atoms with van der Waals surface area (Å²) in [5.41, 5.74) is 12.4. The minimum atomic E-state index is -0.667. The first-order valence-electron chi connectivity index (χ1n) is 7.64. The number of hydrogen-bond acceptors (Lipinski definition) is 8. The molecule has 23 heavy (non-hydrogen) atoms. The molecule has 122 valence electrons. The Balaban J connectivity index is 1.60. The van der Waals surface area contributed by atoms with Crippen LogP contribution < -0.4 is 11.5 Å². The molecular formula is C14H18N6O3. The molecular weight excluding hydrogens is 300 g/mol. The van der Waals surface area contributed by atoms with E-state index in [-0.39, 0.29) is 24.4 Å². The second-order valence-electron chi connectivity index (χ2n) is 6.75. The van der Waals surface area contributed by atoms with Crippen LogP contribution in [-0.2, 0) is 14.2 Å². The molecule has 5 rings (SSSR count). The standard InChI is InChI=1S/C14H18N6O3/c1-13(2)22-9-6(3-15)21-10-8(14(9,10)23-13)20-5-19-7-11(16)17-4-18-12(7)20/h4-6,8-10H,3,15H2,1-2H3,(H2,16,17,18)/t6-,8?,9-,10+,14-/m1/s1. The van der Waals surface area contributed by atoms with Crippen molar-refractivity contribution in [3.63, 3.8) is 0 Å². The SMILES string of the molecule is CC1(C)O[C@@H]2[C@@H](CN)O[C@H]3C(n4cnc5c(N)ncnc54)[C@@]23O1. The minimum Gasteiger partial charge on any atom is -0.382 e. The normalized spacial score (nSPS) is 40.3. The van der Waals surface area contributed by atoms with E-state index in [4.69, 9.17) is 25.7 Å². The van der Waals surface area contributed by atoms with E-state index >= 15 is 0 Å². The van der Waals surface area contributed by atoms with Crippen molar-refractivity contribution in [1.29, 1.82) is 0 Å². The van der Waals surface area contributed by atoms with Crippen LogP contribution in [0.25, 0.3) is 11.2 Å². The fourth-order valence-electron chi connectivity index (χ4n) is 4.11. The monoisotopic (exact) mass is 318 g/mol. The van der Waals surface area contributed by atoms with Crippen LogP contribution in [0.3, 0.4) is 0 Å². The Morgan fingerprint density at radius 3 is 2.87 bits per heavy atom. The molecule has 4 N–H and O–H groups in total. The maximum Gasteiger partial charge on any atom is 0.165 e. The summed E-state index contributed by atoms with van der Waals surface area (Å²) in [7, 11) is 0. The molecule has 0 bridgehead atoms. The van der Waals surface area contributed by atoms with Crippen LogP contribution >= 0.6 is 0 Å². The molecule has 2 aliphatic heterocycles. The number of hydrogen-bond donors (Lipinski definition) is 2. The lowest BCUT2D eigenvalue weighted by atomic mass is 10.1. The highest BCUT2D eigenvalue weighted by atomic mass is 16.8. The van der Waals surface area contributed by atoms with Crippen LogP contribution in [0.4, 0.5) is 5.82 Å². The van der Waals surface area contributed by atoms with E-state index in [1.54, 1.807) is 6.33 Å². The van der Waals surface area contributed by atoms with E-state index in [1.165, 1.54) is 6.33 Å². The molecule has 2 aromatic heterocycles. The zero-order valence-electron chi connectivity index (χ0n) is 12.8. The summed E-state index contributed by atoms with van der Waals surface area (Å²) < 4.78 is 20.3. The van der Waals surface area contributed by atoms with E-state index in [1.807, 2.05) is 18.4 Å². The molecule has 3 fully saturated rings. The predicted molar refractivity (Wildman–Crippen MR) is 79.3 cm³/mol. The number of aromatic nitrogens is 4. The zero-order chi connectivity index (χ0) is 16.0. The third-order valence-electron chi connectivity index (χ3n) is 4.94. The number of imidazole rings is 1. The third kappa shape index (κ3) is 1.52.